The van der Waals surface area contributed by atoms with Gasteiger partial charge in [-0.1, -0.05) is 16.8 Å². The van der Waals surface area contributed by atoms with Gasteiger partial charge in [-0.15, -0.1) is 0 Å². The van der Waals surface area contributed by atoms with Gasteiger partial charge in [0.1, 0.15) is 17.3 Å². The molecular weight excluding hydrogens is 493 g/mol. The lowest BCUT2D eigenvalue weighted by atomic mass is 9.60. The van der Waals surface area contributed by atoms with Gasteiger partial charge in [0.15, 0.2) is 6.61 Å². The Bertz CT molecular complexity index is 1300. The van der Waals surface area contributed by atoms with Crippen molar-refractivity contribution in [3.63, 3.8) is 0 Å². The highest BCUT2D eigenvalue weighted by molar-refractivity contribution is 6.30. The van der Waals surface area contributed by atoms with E-state index in [1.54, 1.807) is 30.2 Å². The predicted molar refractivity (Wildman–Crippen MR) is 126 cm³/mol. The van der Waals surface area contributed by atoms with Crippen LogP contribution in [0.5, 0.6) is 5.75 Å². The van der Waals surface area contributed by atoms with E-state index in [0.717, 1.165) is 11.6 Å². The fraction of sp³-hybridized carbons (Fsp3) is 0.417. The number of aromatic nitrogens is 3. The number of aliphatic hydroxyl groups excluding tert-OH is 1. The molecule has 0 spiro atoms. The summed E-state index contributed by atoms with van der Waals surface area (Å²) in [7, 11) is 1.78. The number of carbonyl (C=O) groups is 2. The van der Waals surface area contributed by atoms with Gasteiger partial charge in [0.25, 0.3) is 11.8 Å². The van der Waals surface area contributed by atoms with Crippen molar-refractivity contribution in [2.75, 3.05) is 6.61 Å². The van der Waals surface area contributed by atoms with Crippen molar-refractivity contribution in [2.45, 2.75) is 49.3 Å². The molecule has 12 heteroatoms. The minimum atomic E-state index is -0.863. The van der Waals surface area contributed by atoms with E-state index in [4.69, 9.17) is 20.9 Å². The lowest BCUT2D eigenvalue weighted by Crippen LogP contribution is -2.70. The first-order valence-electron chi connectivity index (χ1n) is 11.5. The number of aryl methyl sites for hydroxylation is 1. The number of benzene rings is 1. The summed E-state index contributed by atoms with van der Waals surface area (Å²) in [4.78, 5) is 25.5. The number of aliphatic hydroxyl groups is 1. The molecule has 3 N–H and O–H groups in total. The number of hydrogen-bond acceptors (Lipinski definition) is 7. The molecule has 2 aromatic heterocycles. The van der Waals surface area contributed by atoms with E-state index in [2.05, 4.69) is 20.9 Å². The highest BCUT2D eigenvalue weighted by atomic mass is 35.5. The second-order valence-electron chi connectivity index (χ2n) is 9.50. The Balaban J connectivity index is 1.18. The molecule has 10 nitrogen and oxygen atoms in total. The molecular formula is C24H25ClFN5O5. The van der Waals surface area contributed by atoms with Gasteiger partial charge in [-0.3, -0.25) is 14.3 Å². The maximum atomic E-state index is 13.6. The molecule has 0 radical (unpaired) electrons. The van der Waals surface area contributed by atoms with Gasteiger partial charge >= 0.3 is 0 Å². The Labute approximate surface area is 210 Å². The first kappa shape index (κ1) is 24.3. The molecule has 3 fully saturated rings. The van der Waals surface area contributed by atoms with Crippen LogP contribution in [-0.2, 0) is 11.8 Å². The molecule has 36 heavy (non-hydrogen) atoms. The fourth-order valence-corrected chi connectivity index (χ4v) is 5.18. The molecule has 2 bridgehead atoms. The third-order valence-electron chi connectivity index (χ3n) is 7.08. The van der Waals surface area contributed by atoms with E-state index in [0.29, 0.717) is 31.4 Å². The zero-order chi connectivity index (χ0) is 25.5. The van der Waals surface area contributed by atoms with E-state index in [1.807, 2.05) is 0 Å². The van der Waals surface area contributed by atoms with Crippen LogP contribution in [0.15, 0.2) is 41.2 Å². The molecule has 0 saturated heterocycles. The van der Waals surface area contributed by atoms with Crippen LogP contribution in [0.4, 0.5) is 4.39 Å². The predicted octanol–water partition coefficient (Wildman–Crippen LogP) is 2.61. The van der Waals surface area contributed by atoms with Crippen molar-refractivity contribution in [3.8, 4) is 17.0 Å². The van der Waals surface area contributed by atoms with Crippen molar-refractivity contribution in [1.29, 1.82) is 0 Å². The van der Waals surface area contributed by atoms with Crippen molar-refractivity contribution in [3.05, 3.63) is 53.3 Å². The number of hydrogen-bond donors (Lipinski definition) is 3. The molecule has 3 aliphatic rings. The third-order valence-corrected chi connectivity index (χ3v) is 7.39. The lowest BCUT2D eigenvalue weighted by molar-refractivity contribution is -0.132. The number of nitrogens with zero attached hydrogens (tertiary/aromatic N) is 3. The molecule has 190 valence electrons. The first-order valence-corrected chi connectivity index (χ1v) is 11.9. The van der Waals surface area contributed by atoms with Crippen LogP contribution in [0.3, 0.4) is 0 Å². The fourth-order valence-electron chi connectivity index (χ4n) is 5.07. The molecule has 3 saturated carbocycles. The average Bonchev–Trinajstić information content (AvgIpc) is 3.50. The monoisotopic (exact) mass is 517 g/mol. The SMILES string of the molecule is Cn1cc(-c2cc(C(=O)NC34CCC(NC(=O)COc5ccc(Cl)c(F)c5)(CC3)C(O)C4)on2)cn1. The minimum absolute atomic E-state index is 0.0361. The Morgan fingerprint density at radius 2 is 2.06 bits per heavy atom. The average molecular weight is 518 g/mol. The second kappa shape index (κ2) is 9.21. The highest BCUT2D eigenvalue weighted by Crippen LogP contribution is 2.47. The smallest absolute Gasteiger partial charge is 0.290 e. The number of ether oxygens (including phenoxy) is 1. The summed E-state index contributed by atoms with van der Waals surface area (Å²) in [6.07, 6.45) is 4.92. The van der Waals surface area contributed by atoms with Gasteiger partial charge in [0, 0.05) is 36.5 Å². The molecule has 3 aromatic rings. The molecule has 1 aromatic carbocycles. The standard InChI is InChI=1S/C24H25ClFN5O5/c1-31-12-14(11-27-31)18-9-19(36-30-18)22(34)29-23-4-6-24(7-5-23,20(32)10-23)28-21(33)13-35-15-2-3-16(25)17(26)8-15/h2-3,8-9,11-12,20,32H,4-7,10,13H2,1H3,(H,28,33)(H,29,34). The van der Waals surface area contributed by atoms with Gasteiger partial charge in [-0.05, 0) is 44.2 Å². The summed E-state index contributed by atoms with van der Waals surface area (Å²) >= 11 is 5.66. The van der Waals surface area contributed by atoms with E-state index >= 15 is 0 Å². The zero-order valence-electron chi connectivity index (χ0n) is 19.5. The Morgan fingerprint density at radius 3 is 2.72 bits per heavy atom. The molecule has 1 unspecified atom stereocenters. The summed E-state index contributed by atoms with van der Waals surface area (Å²) in [5.74, 6) is -1.22. The third kappa shape index (κ3) is 4.68. The Morgan fingerprint density at radius 1 is 1.28 bits per heavy atom. The van der Waals surface area contributed by atoms with E-state index in [-0.39, 0.29) is 29.6 Å². The summed E-state index contributed by atoms with van der Waals surface area (Å²) in [5, 5.41) is 24.9. The van der Waals surface area contributed by atoms with Crippen LogP contribution in [0, 0.1) is 5.82 Å². The summed E-state index contributed by atoms with van der Waals surface area (Å²) in [6, 6.07) is 5.48. The van der Waals surface area contributed by atoms with Crippen molar-refractivity contribution < 1.29 is 28.3 Å². The van der Waals surface area contributed by atoms with Gasteiger partial charge in [0.05, 0.1) is 22.9 Å². The van der Waals surface area contributed by atoms with Crippen molar-refractivity contribution in [2.24, 2.45) is 7.05 Å². The van der Waals surface area contributed by atoms with Crippen LogP contribution >= 0.6 is 11.6 Å². The maximum absolute atomic E-state index is 13.6. The molecule has 2 amide bonds. The molecule has 6 rings (SSSR count). The Kier molecular flexibility index (Phi) is 6.21. The quantitative estimate of drug-likeness (QED) is 0.439. The number of fused-ring (bicyclic) bond motifs is 3. The largest absolute Gasteiger partial charge is 0.484 e. The molecule has 1 atom stereocenters. The number of halogens is 2. The summed E-state index contributed by atoms with van der Waals surface area (Å²) in [6.45, 7) is -0.331. The van der Waals surface area contributed by atoms with Crippen LogP contribution in [0.1, 0.15) is 42.7 Å². The molecule has 2 heterocycles. The number of nitrogens with one attached hydrogen (secondary N) is 2. The van der Waals surface area contributed by atoms with Crippen LogP contribution in [0.25, 0.3) is 11.3 Å². The topological polar surface area (TPSA) is 132 Å². The van der Waals surface area contributed by atoms with Gasteiger partial charge in [0.2, 0.25) is 5.76 Å². The Hall–Kier alpha value is -3.44. The van der Waals surface area contributed by atoms with Crippen molar-refractivity contribution in [1.82, 2.24) is 25.6 Å². The molecule has 3 aliphatic carbocycles. The van der Waals surface area contributed by atoms with E-state index in [9.17, 15) is 19.1 Å². The summed E-state index contributed by atoms with van der Waals surface area (Å²) < 4.78 is 25.8. The lowest BCUT2D eigenvalue weighted by Gasteiger charge is -2.56. The van der Waals surface area contributed by atoms with E-state index < -0.39 is 34.8 Å². The van der Waals surface area contributed by atoms with Gasteiger partial charge < -0.3 is 25.0 Å². The van der Waals surface area contributed by atoms with Crippen LogP contribution in [0.2, 0.25) is 5.02 Å². The zero-order valence-corrected chi connectivity index (χ0v) is 20.2. The normalized spacial score (nSPS) is 24.9. The maximum Gasteiger partial charge on any atom is 0.290 e. The van der Waals surface area contributed by atoms with Gasteiger partial charge in [-0.25, -0.2) is 4.39 Å². The summed E-state index contributed by atoms with van der Waals surface area (Å²) in [5.41, 5.74) is -0.183. The number of carbonyl (C=O) groups excluding carboxylic acids is 2. The highest BCUT2D eigenvalue weighted by Gasteiger charge is 2.55. The van der Waals surface area contributed by atoms with Crippen LogP contribution < -0.4 is 15.4 Å². The molecule has 0 aliphatic heterocycles. The number of rotatable bonds is 7. The van der Waals surface area contributed by atoms with E-state index in [1.165, 1.54) is 12.1 Å². The number of amides is 2. The van der Waals surface area contributed by atoms with Crippen LogP contribution in [-0.4, -0.2) is 55.6 Å². The minimum Gasteiger partial charge on any atom is -0.484 e. The van der Waals surface area contributed by atoms with Crippen molar-refractivity contribution >= 4 is 23.4 Å². The first-order chi connectivity index (χ1) is 17.2. The second-order valence-corrected chi connectivity index (χ2v) is 9.91. The van der Waals surface area contributed by atoms with Gasteiger partial charge in [-0.2, -0.15) is 5.10 Å².